The second-order valence-corrected chi connectivity index (χ2v) is 6.09. The third-order valence-electron chi connectivity index (χ3n) is 4.32. The molecule has 1 aromatic carbocycles. The van der Waals surface area contributed by atoms with Crippen molar-refractivity contribution < 1.29 is 9.84 Å². The molecule has 122 valence electrons. The molecule has 0 spiro atoms. The number of benzene rings is 1. The fourth-order valence-electron chi connectivity index (χ4n) is 3.22. The highest BCUT2D eigenvalue weighted by Gasteiger charge is 2.27. The van der Waals surface area contributed by atoms with Crippen molar-refractivity contribution in [3.63, 3.8) is 0 Å². The lowest BCUT2D eigenvalue weighted by molar-refractivity contribution is 0.00771. The van der Waals surface area contributed by atoms with Crippen LogP contribution in [0.1, 0.15) is 30.0 Å². The summed E-state index contributed by atoms with van der Waals surface area (Å²) in [6, 6.07) is 14.6. The summed E-state index contributed by atoms with van der Waals surface area (Å²) < 4.78 is 5.65. The van der Waals surface area contributed by atoms with Crippen LogP contribution >= 0.6 is 0 Å². The first kappa shape index (κ1) is 16.1. The van der Waals surface area contributed by atoms with Crippen LogP contribution in [-0.4, -0.2) is 40.8 Å². The van der Waals surface area contributed by atoms with Gasteiger partial charge in [-0.15, -0.1) is 0 Å². The van der Waals surface area contributed by atoms with Gasteiger partial charge in [0, 0.05) is 25.0 Å². The van der Waals surface area contributed by atoms with E-state index < -0.39 is 6.10 Å². The van der Waals surface area contributed by atoms with Crippen LogP contribution in [0.25, 0.3) is 0 Å². The summed E-state index contributed by atoms with van der Waals surface area (Å²) in [5.41, 5.74) is 2.42. The Morgan fingerprint density at radius 1 is 1.17 bits per heavy atom. The Hall–Kier alpha value is -1.75. The summed E-state index contributed by atoms with van der Waals surface area (Å²) in [5.74, 6) is 0. The predicted octanol–water partition coefficient (Wildman–Crippen LogP) is 2.80. The molecule has 1 saturated heterocycles. The van der Waals surface area contributed by atoms with Gasteiger partial charge in [-0.3, -0.25) is 9.88 Å². The van der Waals surface area contributed by atoms with Crippen LogP contribution in [-0.2, 0) is 11.3 Å². The minimum absolute atomic E-state index is 0.370. The lowest BCUT2D eigenvalue weighted by atomic mass is 10.1. The van der Waals surface area contributed by atoms with E-state index in [1.165, 1.54) is 12.0 Å². The largest absolute Gasteiger partial charge is 0.389 e. The molecular weight excluding hydrogens is 288 g/mol. The third-order valence-corrected chi connectivity index (χ3v) is 4.32. The number of hydrogen-bond acceptors (Lipinski definition) is 4. The molecule has 1 aliphatic heterocycles. The Labute approximate surface area is 137 Å². The average Bonchev–Trinajstić information content (AvgIpc) is 3.05. The van der Waals surface area contributed by atoms with Gasteiger partial charge in [0.05, 0.1) is 19.3 Å². The van der Waals surface area contributed by atoms with Crippen molar-refractivity contribution in [2.75, 3.05) is 19.7 Å². The second kappa shape index (κ2) is 8.20. The van der Waals surface area contributed by atoms with Crippen LogP contribution in [0.15, 0.2) is 54.9 Å². The smallest absolute Gasteiger partial charge is 0.0900 e. The van der Waals surface area contributed by atoms with Crippen molar-refractivity contribution in [3.05, 3.63) is 66.0 Å². The number of aromatic nitrogens is 1. The fraction of sp³-hybridized carbons (Fsp3) is 0.421. The van der Waals surface area contributed by atoms with Gasteiger partial charge in [0.1, 0.15) is 0 Å². The first-order valence-electron chi connectivity index (χ1n) is 8.26. The molecule has 4 heteroatoms. The van der Waals surface area contributed by atoms with Crippen LogP contribution < -0.4 is 0 Å². The number of β-amino-alcohol motifs (C(OH)–C–C–N with tert-alkyl or cyclic N) is 1. The van der Waals surface area contributed by atoms with Crippen molar-refractivity contribution in [1.29, 1.82) is 0 Å². The molecule has 2 unspecified atom stereocenters. The number of hydrogen-bond donors (Lipinski definition) is 1. The van der Waals surface area contributed by atoms with E-state index >= 15 is 0 Å². The maximum atomic E-state index is 10.3. The number of aliphatic hydroxyl groups excluding tert-OH is 1. The van der Waals surface area contributed by atoms with Crippen molar-refractivity contribution in [2.45, 2.75) is 31.6 Å². The van der Waals surface area contributed by atoms with Gasteiger partial charge >= 0.3 is 0 Å². The van der Waals surface area contributed by atoms with E-state index in [9.17, 15) is 5.11 Å². The van der Waals surface area contributed by atoms with Gasteiger partial charge in [0.15, 0.2) is 0 Å². The fourth-order valence-corrected chi connectivity index (χ4v) is 3.22. The Kier molecular flexibility index (Phi) is 5.75. The standard InChI is InChI=1S/C19H24N2O2/c22-18(15-23-14-16-5-2-1-3-6-16)13-21-12-4-7-19(21)17-8-10-20-11-9-17/h1-3,5-6,8-11,18-19,22H,4,7,12-15H2. The number of ether oxygens (including phenoxy) is 1. The van der Waals surface area contributed by atoms with Gasteiger partial charge in [-0.2, -0.15) is 0 Å². The Bertz CT molecular complexity index is 576. The highest BCUT2D eigenvalue weighted by Crippen LogP contribution is 2.31. The molecule has 2 heterocycles. The molecule has 4 nitrogen and oxygen atoms in total. The van der Waals surface area contributed by atoms with Crippen molar-refractivity contribution in [3.8, 4) is 0 Å². The molecular formula is C19H24N2O2. The SMILES string of the molecule is OC(COCc1ccccc1)CN1CCCC1c1ccncc1. The van der Waals surface area contributed by atoms with Crippen molar-refractivity contribution >= 4 is 0 Å². The summed E-state index contributed by atoms with van der Waals surface area (Å²) in [6.45, 7) is 2.60. The van der Waals surface area contributed by atoms with Crippen LogP contribution in [0.4, 0.5) is 0 Å². The summed E-state index contributed by atoms with van der Waals surface area (Å²) >= 11 is 0. The highest BCUT2D eigenvalue weighted by molar-refractivity contribution is 5.16. The van der Waals surface area contributed by atoms with Crippen LogP contribution in [0.5, 0.6) is 0 Å². The molecule has 1 aromatic heterocycles. The Morgan fingerprint density at radius 3 is 2.74 bits per heavy atom. The molecule has 3 rings (SSSR count). The molecule has 0 saturated carbocycles. The number of nitrogens with zero attached hydrogens (tertiary/aromatic N) is 2. The van der Waals surface area contributed by atoms with Crippen LogP contribution in [0, 0.1) is 0 Å². The first-order valence-corrected chi connectivity index (χ1v) is 8.26. The minimum Gasteiger partial charge on any atom is -0.389 e. The van der Waals surface area contributed by atoms with E-state index in [0.717, 1.165) is 18.5 Å². The number of rotatable bonds is 7. The molecule has 0 radical (unpaired) electrons. The zero-order valence-electron chi connectivity index (χ0n) is 13.3. The van der Waals surface area contributed by atoms with E-state index in [-0.39, 0.29) is 0 Å². The lowest BCUT2D eigenvalue weighted by Crippen LogP contribution is -2.34. The zero-order valence-corrected chi connectivity index (χ0v) is 13.3. The zero-order chi connectivity index (χ0) is 15.9. The topological polar surface area (TPSA) is 45.6 Å². The van der Waals surface area contributed by atoms with E-state index in [4.69, 9.17) is 4.74 Å². The normalized spacial score (nSPS) is 19.8. The number of pyridine rings is 1. The predicted molar refractivity (Wildman–Crippen MR) is 89.9 cm³/mol. The highest BCUT2D eigenvalue weighted by atomic mass is 16.5. The number of aliphatic hydroxyl groups is 1. The molecule has 1 aliphatic rings. The summed E-state index contributed by atoms with van der Waals surface area (Å²) in [7, 11) is 0. The van der Waals surface area contributed by atoms with E-state index in [0.29, 0.717) is 25.8 Å². The van der Waals surface area contributed by atoms with Gasteiger partial charge in [-0.25, -0.2) is 0 Å². The molecule has 0 aliphatic carbocycles. The van der Waals surface area contributed by atoms with Crippen molar-refractivity contribution in [1.82, 2.24) is 9.88 Å². The van der Waals surface area contributed by atoms with E-state index in [1.54, 1.807) is 0 Å². The molecule has 0 amide bonds. The summed E-state index contributed by atoms with van der Waals surface area (Å²) in [5, 5.41) is 10.3. The quantitative estimate of drug-likeness (QED) is 0.854. The molecule has 1 fully saturated rings. The Balaban J connectivity index is 1.46. The molecule has 0 bridgehead atoms. The third kappa shape index (κ3) is 4.61. The molecule has 23 heavy (non-hydrogen) atoms. The van der Waals surface area contributed by atoms with E-state index in [1.807, 2.05) is 42.7 Å². The van der Waals surface area contributed by atoms with Gasteiger partial charge in [0.2, 0.25) is 0 Å². The molecule has 2 aromatic rings. The van der Waals surface area contributed by atoms with Gasteiger partial charge in [-0.05, 0) is 42.6 Å². The monoisotopic (exact) mass is 312 g/mol. The molecule has 2 atom stereocenters. The number of likely N-dealkylation sites (tertiary alicyclic amines) is 1. The van der Waals surface area contributed by atoms with Crippen molar-refractivity contribution in [2.24, 2.45) is 0 Å². The molecule has 1 N–H and O–H groups in total. The average molecular weight is 312 g/mol. The minimum atomic E-state index is -0.457. The van der Waals surface area contributed by atoms with Gasteiger partial charge in [-0.1, -0.05) is 30.3 Å². The maximum absolute atomic E-state index is 10.3. The van der Waals surface area contributed by atoms with E-state index in [2.05, 4.69) is 22.0 Å². The van der Waals surface area contributed by atoms with Gasteiger partial charge in [0.25, 0.3) is 0 Å². The summed E-state index contributed by atoms with van der Waals surface area (Å²) in [6.07, 6.45) is 5.53. The second-order valence-electron chi connectivity index (χ2n) is 6.09. The lowest BCUT2D eigenvalue weighted by Gasteiger charge is -2.27. The first-order chi connectivity index (χ1) is 11.3. The summed E-state index contributed by atoms with van der Waals surface area (Å²) in [4.78, 5) is 6.44. The van der Waals surface area contributed by atoms with Crippen LogP contribution in [0.3, 0.4) is 0 Å². The maximum Gasteiger partial charge on any atom is 0.0900 e. The Morgan fingerprint density at radius 2 is 1.96 bits per heavy atom. The van der Waals surface area contributed by atoms with Gasteiger partial charge < -0.3 is 9.84 Å². The van der Waals surface area contributed by atoms with Crippen LogP contribution in [0.2, 0.25) is 0 Å².